The summed E-state index contributed by atoms with van der Waals surface area (Å²) in [6, 6.07) is -0.473. The van der Waals surface area contributed by atoms with Gasteiger partial charge in [-0.1, -0.05) is 0 Å². The van der Waals surface area contributed by atoms with Crippen LogP contribution in [-0.4, -0.2) is 21.7 Å². The molecule has 6 N–H and O–H groups in total. The molecule has 0 aromatic carbocycles. The van der Waals surface area contributed by atoms with Gasteiger partial charge < -0.3 is 21.7 Å². The van der Waals surface area contributed by atoms with E-state index < -0.39 is 6.04 Å². The standard InChI is InChI=1S/C9H15N3O2/c1-5-9(14)8(7(11)2-10)6(4-13)3-12-5/h3,7,13-14H,2,4,10-11H2,1H3. The number of pyridine rings is 1. The molecule has 0 spiro atoms. The molecule has 0 radical (unpaired) electrons. The lowest BCUT2D eigenvalue weighted by molar-refractivity contribution is 0.278. The fourth-order valence-electron chi connectivity index (χ4n) is 1.31. The van der Waals surface area contributed by atoms with Gasteiger partial charge in [-0.2, -0.15) is 0 Å². The largest absolute Gasteiger partial charge is 0.506 e. The van der Waals surface area contributed by atoms with Crippen molar-refractivity contribution in [1.29, 1.82) is 0 Å². The number of hydrogen-bond acceptors (Lipinski definition) is 5. The first-order chi connectivity index (χ1) is 6.61. The number of aryl methyl sites for hydroxylation is 1. The van der Waals surface area contributed by atoms with Gasteiger partial charge in [-0.25, -0.2) is 0 Å². The summed E-state index contributed by atoms with van der Waals surface area (Å²) in [5.41, 5.74) is 12.6. The van der Waals surface area contributed by atoms with Gasteiger partial charge in [0.05, 0.1) is 12.3 Å². The lowest BCUT2D eigenvalue weighted by Crippen LogP contribution is -2.22. The third-order valence-electron chi connectivity index (χ3n) is 2.15. The first kappa shape index (κ1) is 10.9. The Kier molecular flexibility index (Phi) is 3.40. The van der Waals surface area contributed by atoms with Crippen molar-refractivity contribution in [2.24, 2.45) is 11.5 Å². The smallest absolute Gasteiger partial charge is 0.141 e. The molecular weight excluding hydrogens is 182 g/mol. The van der Waals surface area contributed by atoms with Crippen molar-refractivity contribution in [2.75, 3.05) is 6.54 Å². The normalized spacial score (nSPS) is 12.9. The number of nitrogens with zero attached hydrogens (tertiary/aromatic N) is 1. The van der Waals surface area contributed by atoms with Crippen LogP contribution >= 0.6 is 0 Å². The van der Waals surface area contributed by atoms with Crippen LogP contribution in [-0.2, 0) is 6.61 Å². The summed E-state index contributed by atoms with van der Waals surface area (Å²) in [4.78, 5) is 3.92. The lowest BCUT2D eigenvalue weighted by atomic mass is 10.0. The number of nitrogens with two attached hydrogens (primary N) is 2. The van der Waals surface area contributed by atoms with Crippen LogP contribution in [0.1, 0.15) is 22.9 Å². The second-order valence-corrected chi connectivity index (χ2v) is 3.13. The van der Waals surface area contributed by atoms with Crippen molar-refractivity contribution < 1.29 is 10.2 Å². The van der Waals surface area contributed by atoms with E-state index >= 15 is 0 Å². The van der Waals surface area contributed by atoms with E-state index in [1.54, 1.807) is 6.92 Å². The predicted octanol–water partition coefficient (Wildman–Crippen LogP) is -0.454. The van der Waals surface area contributed by atoms with Gasteiger partial charge in [0.15, 0.2) is 0 Å². The predicted molar refractivity (Wildman–Crippen MR) is 52.5 cm³/mol. The Morgan fingerprint density at radius 2 is 2.21 bits per heavy atom. The van der Waals surface area contributed by atoms with Crippen LogP contribution in [0.4, 0.5) is 0 Å². The van der Waals surface area contributed by atoms with E-state index in [2.05, 4.69) is 4.98 Å². The third kappa shape index (κ3) is 1.84. The molecule has 0 saturated carbocycles. The SMILES string of the molecule is Cc1ncc(CO)c(C(N)CN)c1O. The molecule has 0 amide bonds. The highest BCUT2D eigenvalue weighted by Gasteiger charge is 2.16. The highest BCUT2D eigenvalue weighted by atomic mass is 16.3. The highest BCUT2D eigenvalue weighted by Crippen LogP contribution is 2.28. The van der Waals surface area contributed by atoms with Crippen LogP contribution < -0.4 is 11.5 Å². The Bertz CT molecular complexity index is 328. The summed E-state index contributed by atoms with van der Waals surface area (Å²) in [6.45, 7) is 1.68. The van der Waals surface area contributed by atoms with Crippen LogP contribution in [0.15, 0.2) is 6.20 Å². The second kappa shape index (κ2) is 4.36. The molecule has 1 aromatic rings. The van der Waals surface area contributed by atoms with Crippen molar-refractivity contribution in [2.45, 2.75) is 19.6 Å². The molecule has 5 nitrogen and oxygen atoms in total. The van der Waals surface area contributed by atoms with Crippen LogP contribution in [0.2, 0.25) is 0 Å². The molecule has 5 heteroatoms. The molecule has 0 aliphatic carbocycles. The molecule has 0 aliphatic heterocycles. The van der Waals surface area contributed by atoms with Crippen LogP contribution in [0.5, 0.6) is 5.75 Å². The van der Waals surface area contributed by atoms with Gasteiger partial charge in [-0.05, 0) is 6.92 Å². The molecule has 0 aliphatic rings. The highest BCUT2D eigenvalue weighted by molar-refractivity contribution is 5.42. The number of aliphatic hydroxyl groups is 1. The molecule has 1 aromatic heterocycles. The van der Waals surface area contributed by atoms with Crippen LogP contribution in [0.25, 0.3) is 0 Å². The monoisotopic (exact) mass is 197 g/mol. The molecule has 14 heavy (non-hydrogen) atoms. The maximum Gasteiger partial charge on any atom is 0.141 e. The first-order valence-electron chi connectivity index (χ1n) is 4.35. The summed E-state index contributed by atoms with van der Waals surface area (Å²) >= 11 is 0. The van der Waals surface area contributed by atoms with Crippen molar-refractivity contribution in [3.05, 3.63) is 23.0 Å². The average Bonchev–Trinajstić information content (AvgIpc) is 2.20. The molecule has 1 unspecified atom stereocenters. The lowest BCUT2D eigenvalue weighted by Gasteiger charge is -2.16. The molecule has 0 saturated heterocycles. The fraction of sp³-hybridized carbons (Fsp3) is 0.444. The summed E-state index contributed by atoms with van der Waals surface area (Å²) in [5.74, 6) is 0.0227. The Morgan fingerprint density at radius 1 is 1.57 bits per heavy atom. The van der Waals surface area contributed by atoms with Gasteiger partial charge in [0.2, 0.25) is 0 Å². The van der Waals surface area contributed by atoms with Gasteiger partial charge in [0.1, 0.15) is 5.75 Å². The maximum absolute atomic E-state index is 9.70. The average molecular weight is 197 g/mol. The number of aromatic nitrogens is 1. The summed E-state index contributed by atoms with van der Waals surface area (Å²) in [5, 5.41) is 18.7. The quantitative estimate of drug-likeness (QED) is 0.525. The zero-order valence-electron chi connectivity index (χ0n) is 8.07. The number of hydrogen-bond donors (Lipinski definition) is 4. The zero-order valence-corrected chi connectivity index (χ0v) is 8.07. The van der Waals surface area contributed by atoms with E-state index in [0.717, 1.165) is 0 Å². The first-order valence-corrected chi connectivity index (χ1v) is 4.35. The van der Waals surface area contributed by atoms with Gasteiger partial charge in [-0.15, -0.1) is 0 Å². The van der Waals surface area contributed by atoms with E-state index in [9.17, 15) is 5.11 Å². The van der Waals surface area contributed by atoms with Gasteiger partial charge in [0.25, 0.3) is 0 Å². The Morgan fingerprint density at radius 3 is 2.71 bits per heavy atom. The summed E-state index contributed by atoms with van der Waals surface area (Å²) in [7, 11) is 0. The number of aromatic hydroxyl groups is 1. The van der Waals surface area contributed by atoms with Crippen molar-refractivity contribution in [3.8, 4) is 5.75 Å². The molecule has 0 bridgehead atoms. The summed E-state index contributed by atoms with van der Waals surface area (Å²) in [6.07, 6.45) is 1.50. The van der Waals surface area contributed by atoms with Crippen LogP contribution in [0, 0.1) is 6.92 Å². The van der Waals surface area contributed by atoms with E-state index in [1.807, 2.05) is 0 Å². The topological polar surface area (TPSA) is 105 Å². The number of rotatable bonds is 3. The molecular formula is C9H15N3O2. The minimum absolute atomic E-state index is 0.0227. The van der Waals surface area contributed by atoms with Gasteiger partial charge >= 0.3 is 0 Å². The molecule has 0 fully saturated rings. The van der Waals surface area contributed by atoms with Crippen molar-refractivity contribution in [3.63, 3.8) is 0 Å². The third-order valence-corrected chi connectivity index (χ3v) is 2.15. The van der Waals surface area contributed by atoms with E-state index in [0.29, 0.717) is 16.8 Å². The second-order valence-electron chi connectivity index (χ2n) is 3.13. The van der Waals surface area contributed by atoms with E-state index in [4.69, 9.17) is 16.6 Å². The molecule has 1 heterocycles. The fourth-order valence-corrected chi connectivity index (χ4v) is 1.31. The maximum atomic E-state index is 9.70. The van der Waals surface area contributed by atoms with Crippen molar-refractivity contribution in [1.82, 2.24) is 4.98 Å². The Labute approximate surface area is 82.4 Å². The van der Waals surface area contributed by atoms with E-state index in [1.165, 1.54) is 6.20 Å². The van der Waals surface area contributed by atoms with Crippen molar-refractivity contribution >= 4 is 0 Å². The van der Waals surface area contributed by atoms with Gasteiger partial charge in [0, 0.05) is 29.9 Å². The number of aliphatic hydroxyl groups excluding tert-OH is 1. The molecule has 1 rings (SSSR count). The minimum atomic E-state index is -0.473. The Hall–Kier alpha value is -1.17. The zero-order chi connectivity index (χ0) is 10.7. The minimum Gasteiger partial charge on any atom is -0.506 e. The van der Waals surface area contributed by atoms with Gasteiger partial charge in [-0.3, -0.25) is 4.98 Å². The summed E-state index contributed by atoms with van der Waals surface area (Å²) < 4.78 is 0. The van der Waals surface area contributed by atoms with E-state index in [-0.39, 0.29) is 18.9 Å². The Balaban J connectivity index is 3.27. The molecule has 1 atom stereocenters. The molecule has 78 valence electrons. The van der Waals surface area contributed by atoms with Crippen LogP contribution in [0.3, 0.4) is 0 Å².